The number of alkyl halides is 2. The highest BCUT2D eigenvalue weighted by Gasteiger charge is 2.36. The molecule has 4 saturated heterocycles. The Morgan fingerprint density at radius 3 is 2.41 bits per heavy atom. The molecule has 0 bridgehead atoms. The Labute approximate surface area is 368 Å². The minimum Gasteiger partial charge on any atom is -0.375 e. The second-order valence-electron chi connectivity index (χ2n) is 18.3. The first-order valence-corrected chi connectivity index (χ1v) is 22.6. The Morgan fingerprint density at radius 1 is 0.938 bits per heavy atom. The van der Waals surface area contributed by atoms with Gasteiger partial charge in [0.25, 0.3) is 12.3 Å². The van der Waals surface area contributed by atoms with Gasteiger partial charge >= 0.3 is 5.69 Å². The van der Waals surface area contributed by atoms with Crippen molar-refractivity contribution in [1.29, 1.82) is 0 Å². The second kappa shape index (κ2) is 17.3. The SMILES string of the molecule is C[C@@H]1CN(c2ccn3ncc(C(=O)Nc4cn([C@H]5CC[C@H](CN6CCN(CC7CN(c8cccc9c8n(C)c(=O)n9C8CCC(=O)NC8=O)C7)CC6)CC5)nc4C(F)F)c3n2)CCO1. The number of ether oxygens (including phenoxy) is 1. The number of aromatic nitrogens is 7. The zero-order chi connectivity index (χ0) is 44.2. The summed E-state index contributed by atoms with van der Waals surface area (Å²) in [5, 5.41) is 13.7. The number of piperazine rings is 1. The predicted molar refractivity (Wildman–Crippen MR) is 234 cm³/mol. The van der Waals surface area contributed by atoms with E-state index in [1.165, 1.54) is 15.3 Å². The van der Waals surface area contributed by atoms with Gasteiger partial charge in [-0.2, -0.15) is 10.2 Å². The standard InChI is InChI=1S/C44H55F2N13O5/c1-27-21-55(18-19-64-27)36-12-13-57-41(49-36)31(20-47-57)42(61)48-32-26-58(51-38(32)40(45)46)30-8-6-28(7-9-30)22-53-14-16-54(17-15-53)23-29-24-56(25-29)33-4-3-5-34-39(33)52(2)44(63)59(34)35-10-11-37(60)50-43(35)62/h3-5,12-13,20,26-30,35,40H,6-11,14-19,21-25H2,1-2H3,(H,48,61)(H,50,60,62)/t27-,28-,30-,35?/m1/s1. The maximum Gasteiger partial charge on any atom is 0.329 e. The van der Waals surface area contributed by atoms with E-state index < -0.39 is 30.0 Å². The summed E-state index contributed by atoms with van der Waals surface area (Å²) in [7, 11) is 1.74. The molecule has 3 amide bonds. The van der Waals surface area contributed by atoms with Crippen LogP contribution in [-0.2, 0) is 21.4 Å². The number of piperidine rings is 1. The maximum absolute atomic E-state index is 14.3. The van der Waals surface area contributed by atoms with Crippen LogP contribution in [-0.4, -0.2) is 139 Å². The average molecular weight is 884 g/mol. The van der Waals surface area contributed by atoms with Crippen molar-refractivity contribution < 1.29 is 27.9 Å². The number of benzene rings is 1. The molecule has 4 aromatic heterocycles. The molecule has 340 valence electrons. The Morgan fingerprint density at radius 2 is 1.69 bits per heavy atom. The number of hydrogen-bond donors (Lipinski definition) is 2. The summed E-state index contributed by atoms with van der Waals surface area (Å²) >= 11 is 0. The van der Waals surface area contributed by atoms with Crippen molar-refractivity contribution in [3.63, 3.8) is 0 Å². The van der Waals surface area contributed by atoms with Crippen LogP contribution in [0.3, 0.4) is 0 Å². The van der Waals surface area contributed by atoms with Crippen LogP contribution < -0.4 is 26.1 Å². The van der Waals surface area contributed by atoms with Gasteiger partial charge in [-0.05, 0) is 63.1 Å². The smallest absolute Gasteiger partial charge is 0.329 e. The fourth-order valence-corrected chi connectivity index (χ4v) is 10.5. The van der Waals surface area contributed by atoms with Gasteiger partial charge in [0.2, 0.25) is 11.8 Å². The number of carbonyl (C=O) groups excluding carboxylic acids is 3. The van der Waals surface area contributed by atoms with Gasteiger partial charge in [0.05, 0.1) is 47.4 Å². The number of aryl methyl sites for hydroxylation is 1. The van der Waals surface area contributed by atoms with Crippen molar-refractivity contribution in [2.75, 3.05) is 87.2 Å². The molecule has 5 fully saturated rings. The zero-order valence-electron chi connectivity index (χ0n) is 36.2. The van der Waals surface area contributed by atoms with E-state index in [1.54, 1.807) is 28.7 Å². The van der Waals surface area contributed by atoms with E-state index in [1.807, 2.05) is 31.2 Å². The van der Waals surface area contributed by atoms with Gasteiger partial charge in [0.1, 0.15) is 17.4 Å². The molecule has 8 heterocycles. The lowest BCUT2D eigenvalue weighted by Gasteiger charge is -2.45. The zero-order valence-corrected chi connectivity index (χ0v) is 36.2. The van der Waals surface area contributed by atoms with Crippen LogP contribution in [0.15, 0.2) is 47.7 Å². The molecular formula is C44H55F2N13O5. The molecule has 0 spiro atoms. The highest BCUT2D eigenvalue weighted by Crippen LogP contribution is 2.37. The van der Waals surface area contributed by atoms with E-state index in [0.29, 0.717) is 54.9 Å². The van der Waals surface area contributed by atoms with Gasteiger partial charge in [0.15, 0.2) is 11.3 Å². The number of imidazole rings is 1. The first-order valence-electron chi connectivity index (χ1n) is 22.6. The normalized spacial score (nSPS) is 24.2. The number of anilines is 3. The number of amides is 3. The molecule has 4 aliphatic heterocycles. The number of rotatable bonds is 11. The van der Waals surface area contributed by atoms with Crippen LogP contribution in [0.2, 0.25) is 0 Å². The molecule has 20 heteroatoms. The average Bonchev–Trinajstić information content (AvgIpc) is 3.97. The minimum absolute atomic E-state index is 0.00171. The molecule has 1 aliphatic carbocycles. The molecule has 5 aliphatic rings. The van der Waals surface area contributed by atoms with E-state index in [4.69, 9.17) is 9.72 Å². The molecule has 1 unspecified atom stereocenters. The van der Waals surface area contributed by atoms with Crippen LogP contribution in [0, 0.1) is 11.8 Å². The lowest BCUT2D eigenvalue weighted by Crippen LogP contribution is -2.55. The Balaban J connectivity index is 0.693. The molecule has 2 N–H and O–H groups in total. The fraction of sp³-hybridized carbons (Fsp3) is 0.568. The van der Waals surface area contributed by atoms with Crippen LogP contribution in [0.1, 0.15) is 80.0 Å². The van der Waals surface area contributed by atoms with Crippen LogP contribution in [0.5, 0.6) is 0 Å². The fourth-order valence-electron chi connectivity index (χ4n) is 10.5. The molecule has 2 atom stereocenters. The van der Waals surface area contributed by atoms with Gasteiger partial charge in [-0.25, -0.2) is 23.1 Å². The van der Waals surface area contributed by atoms with Crippen molar-refractivity contribution in [2.45, 2.75) is 70.1 Å². The predicted octanol–water partition coefficient (Wildman–Crippen LogP) is 3.46. The van der Waals surface area contributed by atoms with Crippen molar-refractivity contribution in [2.24, 2.45) is 18.9 Å². The quantitative estimate of drug-likeness (QED) is 0.186. The number of morpholine rings is 1. The summed E-state index contributed by atoms with van der Waals surface area (Å²) in [6, 6.07) is 6.95. The van der Waals surface area contributed by atoms with Gasteiger partial charge < -0.3 is 29.7 Å². The van der Waals surface area contributed by atoms with E-state index in [2.05, 4.69) is 40.4 Å². The van der Waals surface area contributed by atoms with Crippen LogP contribution in [0.4, 0.5) is 26.0 Å². The number of fused-ring (bicyclic) bond motifs is 2. The summed E-state index contributed by atoms with van der Waals surface area (Å²) in [5.74, 6) is 0.410. The van der Waals surface area contributed by atoms with E-state index in [0.717, 1.165) is 89.2 Å². The monoisotopic (exact) mass is 883 g/mol. The summed E-state index contributed by atoms with van der Waals surface area (Å²) in [6.07, 6.45) is 5.99. The van der Waals surface area contributed by atoms with Crippen molar-refractivity contribution in [1.82, 2.24) is 48.6 Å². The van der Waals surface area contributed by atoms with Gasteiger partial charge in [-0.1, -0.05) is 6.07 Å². The van der Waals surface area contributed by atoms with Crippen molar-refractivity contribution in [3.05, 3.63) is 64.6 Å². The first-order chi connectivity index (χ1) is 31.0. The number of para-hydroxylation sites is 1. The van der Waals surface area contributed by atoms with E-state index in [9.17, 15) is 28.0 Å². The van der Waals surface area contributed by atoms with Gasteiger partial charge in [-0.3, -0.25) is 33.5 Å². The first kappa shape index (κ1) is 42.2. The molecule has 10 rings (SSSR count). The minimum atomic E-state index is -2.86. The Kier molecular flexibility index (Phi) is 11.4. The van der Waals surface area contributed by atoms with Gasteiger partial charge in [0, 0.05) is 97.2 Å². The molecular weight excluding hydrogens is 829 g/mol. The third-order valence-electron chi connectivity index (χ3n) is 14.0. The van der Waals surface area contributed by atoms with Gasteiger partial charge in [-0.15, -0.1) is 0 Å². The molecule has 0 radical (unpaired) electrons. The maximum atomic E-state index is 14.3. The van der Waals surface area contributed by atoms with E-state index in [-0.39, 0.29) is 41.4 Å². The Bertz CT molecular complexity index is 2620. The van der Waals surface area contributed by atoms with Crippen LogP contribution >= 0.6 is 0 Å². The number of halogens is 2. The number of carbonyl (C=O) groups is 3. The highest BCUT2D eigenvalue weighted by atomic mass is 19.3. The molecule has 64 heavy (non-hydrogen) atoms. The largest absolute Gasteiger partial charge is 0.375 e. The Hall–Kier alpha value is -5.73. The van der Waals surface area contributed by atoms with Crippen molar-refractivity contribution >= 4 is 51.6 Å². The molecule has 18 nitrogen and oxygen atoms in total. The number of hydrogen-bond acceptors (Lipinski definition) is 12. The summed E-state index contributed by atoms with van der Waals surface area (Å²) in [6.45, 7) is 11.7. The number of nitrogens with zero attached hydrogens (tertiary/aromatic N) is 11. The topological polar surface area (TPSA) is 172 Å². The molecule has 5 aromatic rings. The third-order valence-corrected chi connectivity index (χ3v) is 14.0. The molecule has 1 aromatic carbocycles. The highest BCUT2D eigenvalue weighted by molar-refractivity contribution is 6.08. The lowest BCUT2D eigenvalue weighted by atomic mass is 9.85. The second-order valence-corrected chi connectivity index (χ2v) is 18.3. The molecule has 1 saturated carbocycles. The van der Waals surface area contributed by atoms with Crippen LogP contribution in [0.25, 0.3) is 16.7 Å². The van der Waals surface area contributed by atoms with E-state index >= 15 is 0 Å². The lowest BCUT2D eigenvalue weighted by molar-refractivity contribution is -0.135. The summed E-state index contributed by atoms with van der Waals surface area (Å²) in [4.78, 5) is 65.6. The number of nitrogens with one attached hydrogen (secondary N) is 2. The third kappa shape index (κ3) is 8.15. The number of imide groups is 1. The summed E-state index contributed by atoms with van der Waals surface area (Å²) < 4.78 is 40.6. The van der Waals surface area contributed by atoms with Crippen molar-refractivity contribution in [3.8, 4) is 0 Å². The summed E-state index contributed by atoms with van der Waals surface area (Å²) in [5.41, 5.74) is 2.32.